The lowest BCUT2D eigenvalue weighted by atomic mass is 9.97. The van der Waals surface area contributed by atoms with E-state index in [1.165, 1.54) is 12.3 Å². The van der Waals surface area contributed by atoms with Crippen LogP contribution in [0, 0.1) is 0 Å². The Labute approximate surface area is 169 Å². The largest absolute Gasteiger partial charge is 0.505 e. The fourth-order valence-corrected chi connectivity index (χ4v) is 3.61. The molecule has 4 rings (SSSR count). The van der Waals surface area contributed by atoms with Crippen molar-refractivity contribution in [2.24, 2.45) is 0 Å². The molecule has 1 aliphatic rings. The molecule has 1 N–H and O–H groups in total. The highest BCUT2D eigenvalue weighted by Gasteiger charge is 2.30. The smallest absolute Gasteiger partial charge is 0.276 e. The molecule has 7 nitrogen and oxygen atoms in total. The van der Waals surface area contributed by atoms with E-state index in [-0.39, 0.29) is 23.3 Å². The van der Waals surface area contributed by atoms with E-state index < -0.39 is 0 Å². The molecule has 0 bridgehead atoms. The van der Waals surface area contributed by atoms with Crippen molar-refractivity contribution < 1.29 is 19.1 Å². The lowest BCUT2D eigenvalue weighted by Crippen LogP contribution is -2.39. The minimum atomic E-state index is -0.266. The highest BCUT2D eigenvalue weighted by atomic mass is 16.5. The van der Waals surface area contributed by atoms with Crippen molar-refractivity contribution in [2.45, 2.75) is 25.2 Å². The Morgan fingerprint density at radius 1 is 1.28 bits per heavy atom. The van der Waals surface area contributed by atoms with Crippen LogP contribution in [-0.2, 0) is 6.42 Å². The summed E-state index contributed by atoms with van der Waals surface area (Å²) in [6.45, 7) is 1.13. The van der Waals surface area contributed by atoms with Gasteiger partial charge in [-0.3, -0.25) is 4.79 Å². The number of rotatable bonds is 5. The lowest BCUT2D eigenvalue weighted by Gasteiger charge is -2.31. The van der Waals surface area contributed by atoms with Gasteiger partial charge < -0.3 is 19.2 Å². The summed E-state index contributed by atoms with van der Waals surface area (Å²) in [7, 11) is 1.64. The molecule has 7 heteroatoms. The van der Waals surface area contributed by atoms with Crippen LogP contribution in [0.2, 0.25) is 0 Å². The van der Waals surface area contributed by atoms with Crippen LogP contribution in [0.4, 0.5) is 0 Å². The number of hydrogen-bond acceptors (Lipinski definition) is 6. The van der Waals surface area contributed by atoms with E-state index in [2.05, 4.69) is 9.97 Å². The summed E-state index contributed by atoms with van der Waals surface area (Å²) < 4.78 is 11.2. The number of oxazole rings is 1. The van der Waals surface area contributed by atoms with Gasteiger partial charge in [0.05, 0.1) is 19.2 Å². The summed E-state index contributed by atoms with van der Waals surface area (Å²) in [5.74, 6) is 1.92. The maximum Gasteiger partial charge on any atom is 0.276 e. The third-order valence-corrected chi connectivity index (χ3v) is 5.16. The molecule has 0 unspecified atom stereocenters. The summed E-state index contributed by atoms with van der Waals surface area (Å²) in [6, 6.07) is 10.9. The van der Waals surface area contributed by atoms with Gasteiger partial charge >= 0.3 is 0 Å². The first-order valence-corrected chi connectivity index (χ1v) is 9.65. The highest BCUT2D eigenvalue weighted by molar-refractivity contribution is 5.94. The van der Waals surface area contributed by atoms with E-state index in [1.54, 1.807) is 24.3 Å². The van der Waals surface area contributed by atoms with Crippen molar-refractivity contribution >= 4 is 5.91 Å². The molecule has 3 heterocycles. The van der Waals surface area contributed by atoms with Crippen molar-refractivity contribution in [3.05, 3.63) is 71.7 Å². The maximum atomic E-state index is 12.7. The molecule has 1 fully saturated rings. The van der Waals surface area contributed by atoms with E-state index >= 15 is 0 Å². The van der Waals surface area contributed by atoms with E-state index in [9.17, 15) is 9.90 Å². The predicted octanol–water partition coefficient (Wildman–Crippen LogP) is 3.39. The number of piperidine rings is 1. The topological polar surface area (TPSA) is 88.7 Å². The van der Waals surface area contributed by atoms with Gasteiger partial charge in [0.25, 0.3) is 5.91 Å². The zero-order valence-corrected chi connectivity index (χ0v) is 16.2. The number of benzene rings is 1. The number of methoxy groups -OCH3 is 1. The molecule has 0 saturated carbocycles. The van der Waals surface area contributed by atoms with Crippen LogP contribution in [0.25, 0.3) is 0 Å². The number of ether oxygens (including phenoxy) is 1. The number of aromatic hydroxyl groups is 1. The number of pyridine rings is 1. The van der Waals surface area contributed by atoms with Crippen molar-refractivity contribution in [1.82, 2.24) is 14.9 Å². The Hall–Kier alpha value is -3.35. The summed E-state index contributed by atoms with van der Waals surface area (Å²) in [6.07, 6.45) is 5.66. The van der Waals surface area contributed by atoms with Gasteiger partial charge in [0.15, 0.2) is 11.6 Å². The second-order valence-electron chi connectivity index (χ2n) is 7.15. The molecule has 1 saturated heterocycles. The van der Waals surface area contributed by atoms with Gasteiger partial charge in [0.1, 0.15) is 17.3 Å². The number of likely N-dealkylation sites (tertiary alicyclic amines) is 1. The zero-order valence-electron chi connectivity index (χ0n) is 16.2. The number of amides is 1. The van der Waals surface area contributed by atoms with Crippen LogP contribution < -0.4 is 4.74 Å². The third kappa shape index (κ3) is 4.23. The average molecular weight is 393 g/mol. The minimum absolute atomic E-state index is 0.0307. The molecular formula is C22H23N3O4. The van der Waals surface area contributed by atoms with Crippen LogP contribution in [0.1, 0.15) is 46.5 Å². The molecule has 1 aromatic carbocycles. The van der Waals surface area contributed by atoms with Crippen molar-refractivity contribution in [3.63, 3.8) is 0 Å². The molecule has 2 aromatic heterocycles. The second kappa shape index (κ2) is 8.34. The molecule has 1 aliphatic heterocycles. The number of carbonyl (C=O) groups excluding carboxylic acids is 1. The fraction of sp³-hybridized carbons (Fsp3) is 0.318. The predicted molar refractivity (Wildman–Crippen MR) is 106 cm³/mol. The maximum absolute atomic E-state index is 12.7. The molecule has 0 radical (unpaired) electrons. The van der Waals surface area contributed by atoms with Crippen LogP contribution in [0.15, 0.2) is 53.2 Å². The lowest BCUT2D eigenvalue weighted by molar-refractivity contribution is 0.0688. The number of aromatic nitrogens is 2. The molecule has 1 amide bonds. The molecule has 0 spiro atoms. The molecule has 3 aromatic rings. The first kappa shape index (κ1) is 19.0. The van der Waals surface area contributed by atoms with Gasteiger partial charge in [-0.2, -0.15) is 0 Å². The van der Waals surface area contributed by atoms with Crippen LogP contribution >= 0.6 is 0 Å². The van der Waals surface area contributed by atoms with Crippen molar-refractivity contribution in [1.29, 1.82) is 0 Å². The van der Waals surface area contributed by atoms with Gasteiger partial charge in [-0.05, 0) is 42.7 Å². The van der Waals surface area contributed by atoms with E-state index in [1.807, 2.05) is 24.3 Å². The molecule has 1 atom stereocenters. The monoisotopic (exact) mass is 393 g/mol. The Balaban J connectivity index is 1.43. The van der Waals surface area contributed by atoms with Gasteiger partial charge in [0, 0.05) is 25.7 Å². The first-order chi connectivity index (χ1) is 14.1. The molecule has 0 aliphatic carbocycles. The summed E-state index contributed by atoms with van der Waals surface area (Å²) >= 11 is 0. The average Bonchev–Trinajstić information content (AvgIpc) is 3.23. The number of carbonyl (C=O) groups is 1. The molecule has 150 valence electrons. The molecule has 29 heavy (non-hydrogen) atoms. The fourth-order valence-electron chi connectivity index (χ4n) is 3.61. The Kier molecular flexibility index (Phi) is 5.46. The van der Waals surface area contributed by atoms with Gasteiger partial charge in [-0.1, -0.05) is 12.1 Å². The Morgan fingerprint density at radius 3 is 2.86 bits per heavy atom. The highest BCUT2D eigenvalue weighted by Crippen LogP contribution is 2.29. The standard InChI is InChI=1S/C22H23N3O4/c1-28-17-8-6-15(7-9-17)12-18-13-24-21(29-18)16-4-3-11-25(14-16)22(27)20-19(26)5-2-10-23-20/h2,5-10,13,16,26H,3-4,11-12,14H2,1H3/t16-/m1/s1. The van der Waals surface area contributed by atoms with Crippen LogP contribution in [0.3, 0.4) is 0 Å². The van der Waals surface area contributed by atoms with Crippen molar-refractivity contribution in [3.8, 4) is 11.5 Å². The van der Waals surface area contributed by atoms with Gasteiger partial charge in [-0.25, -0.2) is 9.97 Å². The van der Waals surface area contributed by atoms with E-state index in [0.29, 0.717) is 25.4 Å². The Bertz CT molecular complexity index is 984. The number of nitrogens with zero attached hydrogens (tertiary/aromatic N) is 3. The third-order valence-electron chi connectivity index (χ3n) is 5.16. The van der Waals surface area contributed by atoms with Crippen molar-refractivity contribution in [2.75, 3.05) is 20.2 Å². The van der Waals surface area contributed by atoms with Gasteiger partial charge in [0.2, 0.25) is 0 Å². The second-order valence-corrected chi connectivity index (χ2v) is 7.15. The minimum Gasteiger partial charge on any atom is -0.505 e. The van der Waals surface area contributed by atoms with E-state index in [4.69, 9.17) is 9.15 Å². The Morgan fingerprint density at radius 2 is 2.10 bits per heavy atom. The van der Waals surface area contributed by atoms with Crippen LogP contribution in [-0.4, -0.2) is 46.1 Å². The zero-order chi connectivity index (χ0) is 20.2. The molecular weight excluding hydrogens is 370 g/mol. The van der Waals surface area contributed by atoms with E-state index in [0.717, 1.165) is 29.9 Å². The normalized spacial score (nSPS) is 16.6. The SMILES string of the molecule is COc1ccc(Cc2cnc([C@@H]3CCCN(C(=O)c4ncccc4O)C3)o2)cc1. The number of hydrogen-bond donors (Lipinski definition) is 1. The first-order valence-electron chi connectivity index (χ1n) is 9.65. The summed E-state index contributed by atoms with van der Waals surface area (Å²) in [5, 5.41) is 9.92. The summed E-state index contributed by atoms with van der Waals surface area (Å²) in [5.41, 5.74) is 1.19. The van der Waals surface area contributed by atoms with Crippen LogP contribution in [0.5, 0.6) is 11.5 Å². The quantitative estimate of drug-likeness (QED) is 0.715. The van der Waals surface area contributed by atoms with Gasteiger partial charge in [-0.15, -0.1) is 0 Å². The summed E-state index contributed by atoms with van der Waals surface area (Å²) in [4.78, 5) is 22.9.